The summed E-state index contributed by atoms with van der Waals surface area (Å²) < 4.78 is 5.92. The van der Waals surface area contributed by atoms with Crippen molar-refractivity contribution in [3.63, 3.8) is 0 Å². The third-order valence-corrected chi connectivity index (χ3v) is 3.14. The van der Waals surface area contributed by atoms with Crippen molar-refractivity contribution in [2.45, 2.75) is 13.8 Å². The fourth-order valence-corrected chi connectivity index (χ4v) is 2.18. The van der Waals surface area contributed by atoms with E-state index in [0.29, 0.717) is 5.82 Å². The highest BCUT2D eigenvalue weighted by molar-refractivity contribution is 5.85. The van der Waals surface area contributed by atoms with Gasteiger partial charge in [0, 0.05) is 17.1 Å². The molecule has 3 aromatic rings. The highest BCUT2D eigenvalue weighted by atomic mass is 16.3. The van der Waals surface area contributed by atoms with Crippen LogP contribution >= 0.6 is 0 Å². The second-order valence-corrected chi connectivity index (χ2v) is 4.53. The number of nitrogen functional groups attached to an aromatic ring is 1. The van der Waals surface area contributed by atoms with Crippen molar-refractivity contribution in [2.24, 2.45) is 0 Å². The maximum Gasteiger partial charge on any atom is 0.137 e. The Balaban J connectivity index is 2.23. The van der Waals surface area contributed by atoms with Crippen molar-refractivity contribution in [2.75, 3.05) is 5.73 Å². The van der Waals surface area contributed by atoms with Crippen LogP contribution in [-0.4, -0.2) is 4.98 Å². The standard InChI is InChI=1S/C15H14N2O/c1-9-4-3-5-11-7-13(18-15(9)11)12-8-17-14(16)6-10(12)2/h3-8H,1-2H3,(H2,16,17). The van der Waals surface area contributed by atoms with E-state index in [1.807, 2.05) is 38.1 Å². The minimum atomic E-state index is 0.531. The molecule has 18 heavy (non-hydrogen) atoms. The molecular weight excluding hydrogens is 224 g/mol. The molecule has 2 heterocycles. The Bertz CT molecular complexity index is 728. The Morgan fingerprint density at radius 3 is 2.67 bits per heavy atom. The third kappa shape index (κ3) is 1.64. The van der Waals surface area contributed by atoms with Crippen LogP contribution in [0.1, 0.15) is 11.1 Å². The lowest BCUT2D eigenvalue weighted by molar-refractivity contribution is 0.628. The van der Waals surface area contributed by atoms with E-state index < -0.39 is 0 Å². The SMILES string of the molecule is Cc1cc(N)ncc1-c1cc2cccc(C)c2o1. The number of fused-ring (bicyclic) bond motifs is 1. The van der Waals surface area contributed by atoms with E-state index in [9.17, 15) is 0 Å². The molecule has 0 spiro atoms. The summed E-state index contributed by atoms with van der Waals surface area (Å²) in [4.78, 5) is 4.13. The summed E-state index contributed by atoms with van der Waals surface area (Å²) in [6, 6.07) is 10.0. The third-order valence-electron chi connectivity index (χ3n) is 3.14. The molecule has 3 nitrogen and oxygen atoms in total. The van der Waals surface area contributed by atoms with Crippen LogP contribution in [0, 0.1) is 13.8 Å². The molecule has 2 aromatic heterocycles. The van der Waals surface area contributed by atoms with Crippen molar-refractivity contribution in [3.8, 4) is 11.3 Å². The number of aromatic nitrogens is 1. The lowest BCUT2D eigenvalue weighted by Gasteiger charge is -2.02. The maximum absolute atomic E-state index is 5.92. The van der Waals surface area contributed by atoms with Crippen molar-refractivity contribution in [1.82, 2.24) is 4.98 Å². The normalized spacial score (nSPS) is 11.0. The molecule has 0 atom stereocenters. The van der Waals surface area contributed by atoms with Gasteiger partial charge in [-0.3, -0.25) is 0 Å². The number of nitrogens with zero attached hydrogens (tertiary/aromatic N) is 1. The summed E-state index contributed by atoms with van der Waals surface area (Å²) in [5, 5.41) is 1.11. The Kier molecular flexibility index (Phi) is 2.33. The summed E-state index contributed by atoms with van der Waals surface area (Å²) in [6.45, 7) is 4.05. The predicted molar refractivity (Wildman–Crippen MR) is 73.3 cm³/mol. The molecule has 2 N–H and O–H groups in total. The first-order valence-electron chi connectivity index (χ1n) is 5.87. The predicted octanol–water partition coefficient (Wildman–Crippen LogP) is 3.69. The van der Waals surface area contributed by atoms with E-state index in [-0.39, 0.29) is 0 Å². The molecular formula is C15H14N2O. The average molecular weight is 238 g/mol. The second kappa shape index (κ2) is 3.88. The number of anilines is 1. The van der Waals surface area contributed by atoms with Crippen molar-refractivity contribution < 1.29 is 4.42 Å². The minimum Gasteiger partial charge on any atom is -0.456 e. The zero-order valence-electron chi connectivity index (χ0n) is 10.4. The number of para-hydroxylation sites is 1. The van der Waals surface area contributed by atoms with Gasteiger partial charge in [0.1, 0.15) is 17.2 Å². The summed E-state index contributed by atoms with van der Waals surface area (Å²) in [6.07, 6.45) is 1.76. The molecule has 1 aromatic carbocycles. The van der Waals surface area contributed by atoms with Gasteiger partial charge in [0.2, 0.25) is 0 Å². The monoisotopic (exact) mass is 238 g/mol. The van der Waals surface area contributed by atoms with Crippen LogP contribution in [0.3, 0.4) is 0 Å². The maximum atomic E-state index is 5.92. The molecule has 0 aliphatic rings. The molecule has 90 valence electrons. The topological polar surface area (TPSA) is 52.0 Å². The van der Waals surface area contributed by atoms with Gasteiger partial charge in [0.15, 0.2) is 0 Å². The molecule has 0 saturated heterocycles. The first-order chi connectivity index (χ1) is 8.65. The highest BCUT2D eigenvalue weighted by Crippen LogP contribution is 2.31. The molecule has 0 saturated carbocycles. The van der Waals surface area contributed by atoms with Crippen LogP contribution < -0.4 is 5.73 Å². The number of aryl methyl sites for hydroxylation is 2. The van der Waals surface area contributed by atoms with E-state index in [1.165, 1.54) is 0 Å². The Morgan fingerprint density at radius 1 is 1.11 bits per heavy atom. The fourth-order valence-electron chi connectivity index (χ4n) is 2.18. The Hall–Kier alpha value is -2.29. The first-order valence-corrected chi connectivity index (χ1v) is 5.87. The second-order valence-electron chi connectivity index (χ2n) is 4.53. The number of hydrogen-bond donors (Lipinski definition) is 1. The largest absolute Gasteiger partial charge is 0.456 e. The zero-order valence-corrected chi connectivity index (χ0v) is 10.4. The van der Waals surface area contributed by atoms with Crippen molar-refractivity contribution in [3.05, 3.63) is 47.7 Å². The number of pyridine rings is 1. The van der Waals surface area contributed by atoms with Gasteiger partial charge in [-0.15, -0.1) is 0 Å². The van der Waals surface area contributed by atoms with Gasteiger partial charge in [0.05, 0.1) is 0 Å². The quantitative estimate of drug-likeness (QED) is 0.703. The molecule has 0 fully saturated rings. The van der Waals surface area contributed by atoms with Crippen LogP contribution in [0.4, 0.5) is 5.82 Å². The van der Waals surface area contributed by atoms with E-state index in [2.05, 4.69) is 11.1 Å². The molecule has 3 rings (SSSR count). The van der Waals surface area contributed by atoms with Gasteiger partial charge in [0.25, 0.3) is 0 Å². The first kappa shape index (κ1) is 10.8. The molecule has 0 unspecified atom stereocenters. The average Bonchev–Trinajstić information content (AvgIpc) is 2.74. The molecule has 0 aliphatic heterocycles. The Labute approximate surface area is 105 Å². The molecule has 0 radical (unpaired) electrons. The van der Waals surface area contributed by atoms with E-state index in [1.54, 1.807) is 6.20 Å². The molecule has 0 bridgehead atoms. The van der Waals surface area contributed by atoms with Crippen LogP contribution in [0.25, 0.3) is 22.3 Å². The number of benzene rings is 1. The van der Waals surface area contributed by atoms with E-state index in [0.717, 1.165) is 33.4 Å². The van der Waals surface area contributed by atoms with Gasteiger partial charge < -0.3 is 10.2 Å². The smallest absolute Gasteiger partial charge is 0.137 e. The minimum absolute atomic E-state index is 0.531. The number of nitrogens with two attached hydrogens (primary N) is 1. The van der Waals surface area contributed by atoms with Crippen LogP contribution in [-0.2, 0) is 0 Å². The van der Waals surface area contributed by atoms with E-state index >= 15 is 0 Å². The number of hydrogen-bond acceptors (Lipinski definition) is 3. The van der Waals surface area contributed by atoms with Crippen LogP contribution in [0.2, 0.25) is 0 Å². The van der Waals surface area contributed by atoms with Gasteiger partial charge >= 0.3 is 0 Å². The summed E-state index contributed by atoms with van der Waals surface area (Å²) in [5.41, 5.74) is 9.79. The van der Waals surface area contributed by atoms with Gasteiger partial charge in [-0.25, -0.2) is 4.98 Å². The van der Waals surface area contributed by atoms with Crippen LogP contribution in [0.5, 0.6) is 0 Å². The lowest BCUT2D eigenvalue weighted by Crippen LogP contribution is -1.91. The van der Waals surface area contributed by atoms with Crippen molar-refractivity contribution in [1.29, 1.82) is 0 Å². The summed E-state index contributed by atoms with van der Waals surface area (Å²) in [5.74, 6) is 1.37. The van der Waals surface area contributed by atoms with E-state index in [4.69, 9.17) is 10.2 Å². The zero-order chi connectivity index (χ0) is 12.7. The van der Waals surface area contributed by atoms with Gasteiger partial charge in [-0.1, -0.05) is 18.2 Å². The summed E-state index contributed by atoms with van der Waals surface area (Å²) in [7, 11) is 0. The summed E-state index contributed by atoms with van der Waals surface area (Å²) >= 11 is 0. The highest BCUT2D eigenvalue weighted by Gasteiger charge is 2.10. The molecule has 0 amide bonds. The number of furan rings is 1. The Morgan fingerprint density at radius 2 is 1.94 bits per heavy atom. The molecule has 0 aliphatic carbocycles. The number of rotatable bonds is 1. The fraction of sp³-hybridized carbons (Fsp3) is 0.133. The lowest BCUT2D eigenvalue weighted by atomic mass is 10.1. The van der Waals surface area contributed by atoms with Gasteiger partial charge in [-0.2, -0.15) is 0 Å². The van der Waals surface area contributed by atoms with Crippen molar-refractivity contribution >= 4 is 16.8 Å². The van der Waals surface area contributed by atoms with Gasteiger partial charge in [-0.05, 0) is 37.1 Å². The molecule has 3 heteroatoms. The van der Waals surface area contributed by atoms with Crippen LogP contribution in [0.15, 0.2) is 40.9 Å².